The van der Waals surface area contributed by atoms with Gasteiger partial charge in [-0.05, 0) is 41.3 Å². The summed E-state index contributed by atoms with van der Waals surface area (Å²) in [6.07, 6.45) is 6.11. The lowest BCUT2D eigenvalue weighted by Crippen LogP contribution is -2.40. The number of hydrogen-bond donors (Lipinski definition) is 2. The lowest BCUT2D eigenvalue weighted by atomic mass is 9.78. The highest BCUT2D eigenvalue weighted by atomic mass is 14.9. The summed E-state index contributed by atoms with van der Waals surface area (Å²) in [5, 5.41) is 5.06. The van der Waals surface area contributed by atoms with Crippen molar-refractivity contribution in [1.82, 2.24) is 10.3 Å². The van der Waals surface area contributed by atoms with Crippen LogP contribution in [0.15, 0.2) is 30.5 Å². The standard InChI is InChI=1S/C17H24N2/c1-12-4-3-5-16(13(12)2)19-11-14-6-7-15-8-9-18-17(15)10-14/h6-10,12-13,16,18-19H,3-5,11H2,1-2H3. The number of nitrogens with one attached hydrogen (secondary N) is 2. The molecule has 0 saturated heterocycles. The molecule has 2 heteroatoms. The van der Waals surface area contributed by atoms with Gasteiger partial charge in [0.15, 0.2) is 0 Å². The van der Waals surface area contributed by atoms with Crippen molar-refractivity contribution in [3.63, 3.8) is 0 Å². The number of H-pyrrole nitrogens is 1. The van der Waals surface area contributed by atoms with E-state index in [0.29, 0.717) is 6.04 Å². The molecule has 102 valence electrons. The van der Waals surface area contributed by atoms with Crippen LogP contribution in [0, 0.1) is 11.8 Å². The molecule has 0 aliphatic heterocycles. The first-order valence-electron chi connectivity index (χ1n) is 7.53. The van der Waals surface area contributed by atoms with E-state index in [0.717, 1.165) is 18.4 Å². The Hall–Kier alpha value is -1.28. The van der Waals surface area contributed by atoms with Crippen LogP contribution in [0.1, 0.15) is 38.7 Å². The van der Waals surface area contributed by atoms with Gasteiger partial charge in [0.2, 0.25) is 0 Å². The zero-order valence-corrected chi connectivity index (χ0v) is 11.9. The van der Waals surface area contributed by atoms with E-state index in [1.165, 1.54) is 35.7 Å². The molecule has 0 amide bonds. The maximum atomic E-state index is 3.76. The summed E-state index contributed by atoms with van der Waals surface area (Å²) in [6.45, 7) is 5.77. The van der Waals surface area contributed by atoms with Crippen LogP contribution in [0.3, 0.4) is 0 Å². The van der Waals surface area contributed by atoms with E-state index in [-0.39, 0.29) is 0 Å². The minimum absolute atomic E-state index is 0.683. The van der Waals surface area contributed by atoms with Crippen molar-refractivity contribution in [2.24, 2.45) is 11.8 Å². The lowest BCUT2D eigenvalue weighted by Gasteiger charge is -2.34. The van der Waals surface area contributed by atoms with Crippen molar-refractivity contribution < 1.29 is 0 Å². The fraction of sp³-hybridized carbons (Fsp3) is 0.529. The van der Waals surface area contributed by atoms with Gasteiger partial charge in [0.25, 0.3) is 0 Å². The van der Waals surface area contributed by atoms with Gasteiger partial charge in [0.1, 0.15) is 0 Å². The second-order valence-electron chi connectivity index (χ2n) is 6.15. The molecule has 19 heavy (non-hydrogen) atoms. The molecule has 1 aromatic carbocycles. The van der Waals surface area contributed by atoms with E-state index in [4.69, 9.17) is 0 Å². The van der Waals surface area contributed by atoms with E-state index < -0.39 is 0 Å². The summed E-state index contributed by atoms with van der Waals surface area (Å²) in [4.78, 5) is 3.29. The largest absolute Gasteiger partial charge is 0.361 e. The van der Waals surface area contributed by atoms with Gasteiger partial charge in [-0.3, -0.25) is 0 Å². The molecular formula is C17H24N2. The average molecular weight is 256 g/mol. The molecule has 2 aromatic rings. The molecule has 1 aliphatic rings. The van der Waals surface area contributed by atoms with E-state index in [2.05, 4.69) is 48.4 Å². The molecule has 2 N–H and O–H groups in total. The topological polar surface area (TPSA) is 27.8 Å². The van der Waals surface area contributed by atoms with Gasteiger partial charge in [-0.15, -0.1) is 0 Å². The Morgan fingerprint density at radius 1 is 1.21 bits per heavy atom. The number of aromatic nitrogens is 1. The second-order valence-corrected chi connectivity index (χ2v) is 6.15. The van der Waals surface area contributed by atoms with Crippen LogP contribution in [-0.2, 0) is 6.54 Å². The van der Waals surface area contributed by atoms with Crippen LogP contribution in [-0.4, -0.2) is 11.0 Å². The first-order valence-corrected chi connectivity index (χ1v) is 7.53. The molecule has 1 saturated carbocycles. The Bertz CT molecular complexity index is 543. The van der Waals surface area contributed by atoms with Crippen LogP contribution >= 0.6 is 0 Å². The van der Waals surface area contributed by atoms with Crippen molar-refractivity contribution >= 4 is 10.9 Å². The molecule has 2 nitrogen and oxygen atoms in total. The van der Waals surface area contributed by atoms with E-state index in [9.17, 15) is 0 Å². The van der Waals surface area contributed by atoms with E-state index in [1.807, 2.05) is 6.20 Å². The van der Waals surface area contributed by atoms with Crippen molar-refractivity contribution in [3.8, 4) is 0 Å². The summed E-state index contributed by atoms with van der Waals surface area (Å²) in [5.74, 6) is 1.65. The molecule has 1 aliphatic carbocycles. The predicted octanol–water partition coefficient (Wildman–Crippen LogP) is 4.08. The molecule has 3 atom stereocenters. The minimum Gasteiger partial charge on any atom is -0.361 e. The second kappa shape index (κ2) is 5.38. The molecule has 1 heterocycles. The van der Waals surface area contributed by atoms with Crippen LogP contribution in [0.4, 0.5) is 0 Å². The summed E-state index contributed by atoms with van der Waals surface area (Å²) < 4.78 is 0. The Morgan fingerprint density at radius 3 is 3.00 bits per heavy atom. The maximum Gasteiger partial charge on any atom is 0.0457 e. The normalized spacial score (nSPS) is 27.8. The Balaban J connectivity index is 1.64. The van der Waals surface area contributed by atoms with Crippen LogP contribution in [0.5, 0.6) is 0 Å². The third-order valence-electron chi connectivity index (χ3n) is 4.89. The number of rotatable bonds is 3. The van der Waals surface area contributed by atoms with E-state index in [1.54, 1.807) is 0 Å². The third-order valence-corrected chi connectivity index (χ3v) is 4.89. The molecule has 0 radical (unpaired) electrons. The molecule has 1 aromatic heterocycles. The van der Waals surface area contributed by atoms with Gasteiger partial charge < -0.3 is 10.3 Å². The Kier molecular flexibility index (Phi) is 3.61. The number of hydrogen-bond acceptors (Lipinski definition) is 1. The van der Waals surface area contributed by atoms with Gasteiger partial charge >= 0.3 is 0 Å². The van der Waals surface area contributed by atoms with Crippen LogP contribution < -0.4 is 5.32 Å². The first kappa shape index (κ1) is 12.7. The van der Waals surface area contributed by atoms with E-state index >= 15 is 0 Å². The molecule has 3 rings (SSSR count). The van der Waals surface area contributed by atoms with Crippen molar-refractivity contribution in [1.29, 1.82) is 0 Å². The highest BCUT2D eigenvalue weighted by molar-refractivity contribution is 5.79. The number of benzene rings is 1. The van der Waals surface area contributed by atoms with Gasteiger partial charge in [-0.1, -0.05) is 38.8 Å². The smallest absolute Gasteiger partial charge is 0.0457 e. The van der Waals surface area contributed by atoms with Crippen LogP contribution in [0.25, 0.3) is 10.9 Å². The summed E-state index contributed by atoms with van der Waals surface area (Å²) >= 11 is 0. The fourth-order valence-electron chi connectivity index (χ4n) is 3.32. The van der Waals surface area contributed by atoms with Crippen molar-refractivity contribution in [2.45, 2.75) is 45.7 Å². The average Bonchev–Trinajstić information content (AvgIpc) is 2.88. The highest BCUT2D eigenvalue weighted by Gasteiger charge is 2.26. The van der Waals surface area contributed by atoms with Gasteiger partial charge in [0, 0.05) is 24.3 Å². The predicted molar refractivity (Wildman–Crippen MR) is 81.1 cm³/mol. The van der Waals surface area contributed by atoms with Gasteiger partial charge in [-0.2, -0.15) is 0 Å². The van der Waals surface area contributed by atoms with Crippen molar-refractivity contribution in [2.75, 3.05) is 0 Å². The summed E-state index contributed by atoms with van der Waals surface area (Å²) in [7, 11) is 0. The number of fused-ring (bicyclic) bond motifs is 1. The van der Waals surface area contributed by atoms with Crippen LogP contribution in [0.2, 0.25) is 0 Å². The van der Waals surface area contributed by atoms with Crippen molar-refractivity contribution in [3.05, 3.63) is 36.0 Å². The molecule has 1 fully saturated rings. The molecular weight excluding hydrogens is 232 g/mol. The quantitative estimate of drug-likeness (QED) is 0.850. The van der Waals surface area contributed by atoms with Gasteiger partial charge in [0.05, 0.1) is 0 Å². The monoisotopic (exact) mass is 256 g/mol. The molecule has 0 bridgehead atoms. The first-order chi connectivity index (χ1) is 9.24. The molecule has 0 spiro atoms. The molecule has 3 unspecified atom stereocenters. The Morgan fingerprint density at radius 2 is 2.11 bits per heavy atom. The van der Waals surface area contributed by atoms with Gasteiger partial charge in [-0.25, -0.2) is 0 Å². The lowest BCUT2D eigenvalue weighted by molar-refractivity contribution is 0.206. The minimum atomic E-state index is 0.683. The third kappa shape index (κ3) is 2.69. The Labute approximate surface area is 115 Å². The zero-order chi connectivity index (χ0) is 13.2. The fourth-order valence-corrected chi connectivity index (χ4v) is 3.32. The summed E-state index contributed by atoms with van der Waals surface area (Å²) in [6, 6.07) is 9.51. The SMILES string of the molecule is CC1CCCC(NCc2ccc3cc[nH]c3c2)C1C. The summed E-state index contributed by atoms with van der Waals surface area (Å²) in [5.41, 5.74) is 2.62. The number of aromatic amines is 1. The highest BCUT2D eigenvalue weighted by Crippen LogP contribution is 2.29. The zero-order valence-electron chi connectivity index (χ0n) is 11.9. The maximum absolute atomic E-state index is 3.76.